The highest BCUT2D eigenvalue weighted by atomic mass is 19.4. The van der Waals surface area contributed by atoms with Crippen LogP contribution in [0.25, 0.3) is 0 Å². The molecule has 1 aromatic rings. The van der Waals surface area contributed by atoms with Crippen LogP contribution < -0.4 is 0 Å². The Balaban J connectivity index is 2.05. The van der Waals surface area contributed by atoms with E-state index < -0.39 is 29.7 Å². The van der Waals surface area contributed by atoms with Gasteiger partial charge in [-0.25, -0.2) is 4.79 Å². The first-order valence-corrected chi connectivity index (χ1v) is 8.29. The SMILES string of the molecule is CC1CCN(C(=O)C(C)Cc2ccc(C(F)(F)F)cc2)C(C(=O)O)C1. The summed E-state index contributed by atoms with van der Waals surface area (Å²) in [6, 6.07) is 3.88. The summed E-state index contributed by atoms with van der Waals surface area (Å²) in [6.45, 7) is 4.04. The summed E-state index contributed by atoms with van der Waals surface area (Å²) in [5.74, 6) is -1.52. The lowest BCUT2D eigenvalue weighted by atomic mass is 9.90. The summed E-state index contributed by atoms with van der Waals surface area (Å²) >= 11 is 0. The molecule has 1 fully saturated rings. The number of hydrogen-bond donors (Lipinski definition) is 1. The lowest BCUT2D eigenvalue weighted by Crippen LogP contribution is -2.51. The Morgan fingerprint density at radius 1 is 1.28 bits per heavy atom. The van der Waals surface area contributed by atoms with E-state index in [0.717, 1.165) is 18.6 Å². The summed E-state index contributed by atoms with van der Waals surface area (Å²) in [4.78, 5) is 25.5. The van der Waals surface area contributed by atoms with E-state index in [9.17, 15) is 27.9 Å². The predicted octanol–water partition coefficient (Wildman–Crippen LogP) is 3.60. The lowest BCUT2D eigenvalue weighted by molar-refractivity contribution is -0.154. The Morgan fingerprint density at radius 3 is 2.40 bits per heavy atom. The van der Waals surface area contributed by atoms with Crippen molar-refractivity contribution >= 4 is 11.9 Å². The molecule has 0 spiro atoms. The van der Waals surface area contributed by atoms with Gasteiger partial charge < -0.3 is 10.0 Å². The zero-order valence-corrected chi connectivity index (χ0v) is 14.2. The summed E-state index contributed by atoms with van der Waals surface area (Å²) < 4.78 is 37.8. The highest BCUT2D eigenvalue weighted by Gasteiger charge is 2.36. The first-order chi connectivity index (χ1) is 11.6. The first-order valence-electron chi connectivity index (χ1n) is 8.29. The van der Waals surface area contributed by atoms with Crippen molar-refractivity contribution in [3.8, 4) is 0 Å². The Bertz CT molecular complexity index is 627. The number of carboxylic acid groups (broad SMARTS) is 1. The van der Waals surface area contributed by atoms with E-state index in [1.807, 2.05) is 6.92 Å². The van der Waals surface area contributed by atoms with Gasteiger partial charge in [0.05, 0.1) is 5.56 Å². The predicted molar refractivity (Wildman–Crippen MR) is 85.8 cm³/mol. The van der Waals surface area contributed by atoms with Crippen LogP contribution >= 0.6 is 0 Å². The van der Waals surface area contributed by atoms with Gasteiger partial charge in [-0.2, -0.15) is 13.2 Å². The number of piperidine rings is 1. The van der Waals surface area contributed by atoms with E-state index in [1.54, 1.807) is 6.92 Å². The third-order valence-electron chi connectivity index (χ3n) is 4.68. The Labute approximate surface area is 144 Å². The van der Waals surface area contributed by atoms with Crippen LogP contribution in [0.4, 0.5) is 13.2 Å². The topological polar surface area (TPSA) is 57.6 Å². The molecule has 1 heterocycles. The van der Waals surface area contributed by atoms with Gasteiger partial charge in [0.1, 0.15) is 6.04 Å². The molecule has 4 nitrogen and oxygen atoms in total. The fraction of sp³-hybridized carbons (Fsp3) is 0.556. The van der Waals surface area contributed by atoms with E-state index in [4.69, 9.17) is 0 Å². The number of carboxylic acids is 1. The van der Waals surface area contributed by atoms with Crippen LogP contribution in [0, 0.1) is 11.8 Å². The van der Waals surface area contributed by atoms with Crippen molar-refractivity contribution in [1.82, 2.24) is 4.90 Å². The molecular weight excluding hydrogens is 335 g/mol. The normalized spacial score (nSPS) is 22.5. The molecule has 1 aromatic carbocycles. The third-order valence-corrected chi connectivity index (χ3v) is 4.68. The van der Waals surface area contributed by atoms with Crippen LogP contribution in [-0.4, -0.2) is 34.5 Å². The molecule has 0 aromatic heterocycles. The van der Waals surface area contributed by atoms with Gasteiger partial charge >= 0.3 is 12.1 Å². The minimum atomic E-state index is -4.39. The van der Waals surface area contributed by atoms with Crippen molar-refractivity contribution < 1.29 is 27.9 Å². The number of carbonyl (C=O) groups is 2. The Morgan fingerprint density at radius 2 is 1.88 bits per heavy atom. The number of alkyl halides is 3. The van der Waals surface area contributed by atoms with E-state index >= 15 is 0 Å². The molecule has 3 unspecified atom stereocenters. The molecule has 0 aliphatic carbocycles. The highest BCUT2D eigenvalue weighted by molar-refractivity contribution is 5.85. The monoisotopic (exact) mass is 357 g/mol. The smallest absolute Gasteiger partial charge is 0.416 e. The van der Waals surface area contributed by atoms with Crippen molar-refractivity contribution in [2.75, 3.05) is 6.54 Å². The number of likely N-dealkylation sites (tertiary alicyclic amines) is 1. The third kappa shape index (κ3) is 4.74. The van der Waals surface area contributed by atoms with Gasteiger partial charge in [0, 0.05) is 12.5 Å². The summed E-state index contributed by atoms with van der Waals surface area (Å²) in [5, 5.41) is 9.35. The molecule has 3 atom stereocenters. The maximum absolute atomic E-state index is 12.6. The van der Waals surface area contributed by atoms with Crippen molar-refractivity contribution in [1.29, 1.82) is 0 Å². The average molecular weight is 357 g/mol. The molecule has 1 aliphatic rings. The minimum Gasteiger partial charge on any atom is -0.480 e. The fourth-order valence-electron chi connectivity index (χ4n) is 3.19. The van der Waals surface area contributed by atoms with E-state index in [0.29, 0.717) is 18.5 Å². The van der Waals surface area contributed by atoms with Crippen LogP contribution in [-0.2, 0) is 22.2 Å². The molecule has 138 valence electrons. The van der Waals surface area contributed by atoms with E-state index in [2.05, 4.69) is 0 Å². The summed E-state index contributed by atoms with van der Waals surface area (Å²) in [5.41, 5.74) is -0.114. The van der Waals surface area contributed by atoms with Gasteiger partial charge in [-0.05, 0) is 42.9 Å². The number of carbonyl (C=O) groups excluding carboxylic acids is 1. The second-order valence-electron chi connectivity index (χ2n) is 6.82. The van der Waals surface area contributed by atoms with Crippen molar-refractivity contribution in [2.45, 2.75) is 45.3 Å². The highest BCUT2D eigenvalue weighted by Crippen LogP contribution is 2.30. The lowest BCUT2D eigenvalue weighted by Gasteiger charge is -2.37. The molecule has 1 aliphatic heterocycles. The number of hydrogen-bond acceptors (Lipinski definition) is 2. The average Bonchev–Trinajstić information content (AvgIpc) is 2.53. The number of halogens is 3. The number of rotatable bonds is 4. The fourth-order valence-corrected chi connectivity index (χ4v) is 3.19. The maximum Gasteiger partial charge on any atom is 0.416 e. The van der Waals surface area contributed by atoms with Crippen molar-refractivity contribution in [3.63, 3.8) is 0 Å². The second kappa shape index (κ2) is 7.45. The molecule has 0 saturated carbocycles. The molecule has 0 bridgehead atoms. The van der Waals surface area contributed by atoms with Gasteiger partial charge in [0.15, 0.2) is 0 Å². The molecule has 7 heteroatoms. The van der Waals surface area contributed by atoms with Crippen molar-refractivity contribution in [3.05, 3.63) is 35.4 Å². The number of amides is 1. The quantitative estimate of drug-likeness (QED) is 0.896. The molecule has 0 radical (unpaired) electrons. The molecule has 2 rings (SSSR count). The van der Waals surface area contributed by atoms with Gasteiger partial charge in [-0.15, -0.1) is 0 Å². The zero-order chi connectivity index (χ0) is 18.8. The summed E-state index contributed by atoms with van der Waals surface area (Å²) in [6.07, 6.45) is -2.94. The molecule has 1 N–H and O–H groups in total. The summed E-state index contributed by atoms with van der Waals surface area (Å²) in [7, 11) is 0. The Kier molecular flexibility index (Phi) is 5.75. The van der Waals surface area contributed by atoms with Crippen LogP contribution in [0.1, 0.15) is 37.8 Å². The molecule has 1 amide bonds. The maximum atomic E-state index is 12.6. The second-order valence-corrected chi connectivity index (χ2v) is 6.82. The van der Waals surface area contributed by atoms with Gasteiger partial charge in [0.25, 0.3) is 0 Å². The number of nitrogens with zero attached hydrogens (tertiary/aromatic N) is 1. The molecule has 1 saturated heterocycles. The minimum absolute atomic E-state index is 0.246. The first kappa shape index (κ1) is 19.3. The van der Waals surface area contributed by atoms with Crippen LogP contribution in [0.15, 0.2) is 24.3 Å². The van der Waals surface area contributed by atoms with Crippen LogP contribution in [0.5, 0.6) is 0 Å². The van der Waals surface area contributed by atoms with Crippen molar-refractivity contribution in [2.24, 2.45) is 11.8 Å². The standard InChI is InChI=1S/C18H22F3NO3/c1-11-7-8-22(15(9-11)17(24)25)16(23)12(2)10-13-3-5-14(6-4-13)18(19,20)21/h3-6,11-12,15H,7-10H2,1-2H3,(H,24,25). The van der Waals surface area contributed by atoms with E-state index in [-0.39, 0.29) is 18.2 Å². The largest absolute Gasteiger partial charge is 0.480 e. The molecule has 25 heavy (non-hydrogen) atoms. The Hall–Kier alpha value is -2.05. The van der Waals surface area contributed by atoms with Gasteiger partial charge in [-0.3, -0.25) is 4.79 Å². The van der Waals surface area contributed by atoms with Crippen LogP contribution in [0.3, 0.4) is 0 Å². The molecular formula is C18H22F3NO3. The zero-order valence-electron chi connectivity index (χ0n) is 14.2. The van der Waals surface area contributed by atoms with Crippen LogP contribution in [0.2, 0.25) is 0 Å². The van der Waals surface area contributed by atoms with E-state index in [1.165, 1.54) is 17.0 Å². The number of benzene rings is 1. The number of aliphatic carboxylic acids is 1. The van der Waals surface area contributed by atoms with Gasteiger partial charge in [0.2, 0.25) is 5.91 Å². The van der Waals surface area contributed by atoms with Gasteiger partial charge in [-0.1, -0.05) is 26.0 Å².